The molecule has 1 aliphatic rings. The quantitative estimate of drug-likeness (QED) is 0.628. The van der Waals surface area contributed by atoms with Crippen LogP contribution >= 0.6 is 0 Å². The first-order chi connectivity index (χ1) is 10.8. The fraction of sp³-hybridized carbons (Fsp3) is 0.118. The molecule has 3 rings (SSSR count). The maximum Gasteiger partial charge on any atom is 0.363 e. The van der Waals surface area contributed by atoms with E-state index < -0.39 is 5.97 Å². The Balaban J connectivity index is 1.60. The number of benzene rings is 1. The molecular weight excluding hydrogens is 280 g/mol. The third-order valence-corrected chi connectivity index (χ3v) is 3.00. The summed E-state index contributed by atoms with van der Waals surface area (Å²) in [5.41, 5.74) is 1.15. The highest BCUT2D eigenvalue weighted by atomic mass is 16.6. The number of cyclic esters (lactones) is 1. The summed E-state index contributed by atoms with van der Waals surface area (Å²) in [7, 11) is 0. The van der Waals surface area contributed by atoms with Crippen molar-refractivity contribution in [2.24, 2.45) is 4.99 Å². The number of aliphatic imine (C=N–C) groups is 1. The summed E-state index contributed by atoms with van der Waals surface area (Å²) < 4.78 is 10.7. The van der Waals surface area contributed by atoms with Crippen LogP contribution in [0.2, 0.25) is 0 Å². The summed E-state index contributed by atoms with van der Waals surface area (Å²) in [6, 6.07) is 13.1. The van der Waals surface area contributed by atoms with Gasteiger partial charge in [-0.3, -0.25) is 4.98 Å². The molecule has 0 spiro atoms. The van der Waals surface area contributed by atoms with Crippen LogP contribution in [0.1, 0.15) is 12.0 Å². The molecular formula is C17H14N2O3. The first kappa shape index (κ1) is 14.0. The maximum atomic E-state index is 11.8. The van der Waals surface area contributed by atoms with Crippen molar-refractivity contribution in [3.63, 3.8) is 0 Å². The van der Waals surface area contributed by atoms with E-state index in [1.807, 2.05) is 30.3 Å². The van der Waals surface area contributed by atoms with Gasteiger partial charge in [0.1, 0.15) is 5.75 Å². The largest absolute Gasteiger partial charge is 0.493 e. The highest BCUT2D eigenvalue weighted by molar-refractivity contribution is 6.07. The van der Waals surface area contributed by atoms with Crippen LogP contribution in [0, 0.1) is 0 Å². The molecule has 0 N–H and O–H groups in total. The summed E-state index contributed by atoms with van der Waals surface area (Å²) >= 11 is 0. The SMILES string of the molecule is O=C1OC(CCOc2ccccc2)=N/C1=C/c1ccncc1. The Kier molecular flexibility index (Phi) is 4.25. The molecule has 22 heavy (non-hydrogen) atoms. The number of esters is 1. The maximum absolute atomic E-state index is 11.8. The number of hydrogen-bond acceptors (Lipinski definition) is 5. The van der Waals surface area contributed by atoms with Crippen LogP contribution in [0.5, 0.6) is 5.75 Å². The molecule has 2 heterocycles. The van der Waals surface area contributed by atoms with Crippen molar-refractivity contribution in [1.29, 1.82) is 0 Å². The Hall–Kier alpha value is -2.95. The molecule has 0 fully saturated rings. The number of carbonyl (C=O) groups is 1. The summed E-state index contributed by atoms with van der Waals surface area (Å²) in [6.45, 7) is 0.401. The molecule has 0 atom stereocenters. The van der Waals surface area contributed by atoms with Crippen LogP contribution in [0.25, 0.3) is 6.08 Å². The number of aromatic nitrogens is 1. The van der Waals surface area contributed by atoms with Crippen molar-refractivity contribution in [3.05, 3.63) is 66.1 Å². The Morgan fingerprint density at radius 2 is 1.86 bits per heavy atom. The Morgan fingerprint density at radius 3 is 2.64 bits per heavy atom. The van der Waals surface area contributed by atoms with Crippen molar-refractivity contribution >= 4 is 17.9 Å². The van der Waals surface area contributed by atoms with Crippen molar-refractivity contribution in [2.75, 3.05) is 6.61 Å². The molecule has 0 bridgehead atoms. The molecule has 0 saturated heterocycles. The van der Waals surface area contributed by atoms with Gasteiger partial charge in [-0.25, -0.2) is 9.79 Å². The zero-order chi connectivity index (χ0) is 15.2. The summed E-state index contributed by atoms with van der Waals surface area (Å²) in [5, 5.41) is 0. The number of nitrogens with zero attached hydrogens (tertiary/aromatic N) is 2. The van der Waals surface area contributed by atoms with E-state index in [2.05, 4.69) is 9.98 Å². The van der Waals surface area contributed by atoms with Gasteiger partial charge >= 0.3 is 5.97 Å². The lowest BCUT2D eigenvalue weighted by molar-refractivity contribution is -0.130. The van der Waals surface area contributed by atoms with E-state index in [9.17, 15) is 4.79 Å². The highest BCUT2D eigenvalue weighted by Gasteiger charge is 2.22. The molecule has 0 radical (unpaired) electrons. The fourth-order valence-corrected chi connectivity index (χ4v) is 1.95. The molecule has 0 unspecified atom stereocenters. The van der Waals surface area contributed by atoms with Gasteiger partial charge in [0, 0.05) is 12.4 Å². The lowest BCUT2D eigenvalue weighted by Gasteiger charge is -2.04. The number of pyridine rings is 1. The predicted octanol–water partition coefficient (Wildman–Crippen LogP) is 2.85. The van der Waals surface area contributed by atoms with E-state index in [1.165, 1.54) is 0 Å². The lowest BCUT2D eigenvalue weighted by Crippen LogP contribution is -2.08. The average Bonchev–Trinajstić information content (AvgIpc) is 2.89. The zero-order valence-corrected chi connectivity index (χ0v) is 11.8. The zero-order valence-electron chi connectivity index (χ0n) is 11.8. The van der Waals surface area contributed by atoms with Gasteiger partial charge in [0.15, 0.2) is 5.70 Å². The van der Waals surface area contributed by atoms with Crippen molar-refractivity contribution in [1.82, 2.24) is 4.98 Å². The van der Waals surface area contributed by atoms with Gasteiger partial charge in [0.2, 0.25) is 5.90 Å². The van der Waals surface area contributed by atoms with Crippen LogP contribution in [0.4, 0.5) is 0 Å². The van der Waals surface area contributed by atoms with E-state index in [1.54, 1.807) is 30.6 Å². The number of hydrogen-bond donors (Lipinski definition) is 0. The minimum atomic E-state index is -0.438. The van der Waals surface area contributed by atoms with Gasteiger partial charge in [-0.1, -0.05) is 18.2 Å². The third-order valence-electron chi connectivity index (χ3n) is 3.00. The van der Waals surface area contributed by atoms with Gasteiger partial charge in [-0.2, -0.15) is 0 Å². The summed E-state index contributed by atoms with van der Waals surface area (Å²) in [5.74, 6) is 0.715. The van der Waals surface area contributed by atoms with Crippen LogP contribution in [0.3, 0.4) is 0 Å². The second kappa shape index (κ2) is 6.67. The number of carbonyl (C=O) groups excluding carboxylic acids is 1. The van der Waals surface area contributed by atoms with E-state index in [4.69, 9.17) is 9.47 Å². The smallest absolute Gasteiger partial charge is 0.363 e. The van der Waals surface area contributed by atoms with E-state index in [0.29, 0.717) is 24.6 Å². The Bertz CT molecular complexity index is 709. The minimum absolute atomic E-state index is 0.293. The van der Waals surface area contributed by atoms with Crippen LogP contribution in [0.15, 0.2) is 65.5 Å². The summed E-state index contributed by atoms with van der Waals surface area (Å²) in [6.07, 6.45) is 5.43. The molecule has 1 aliphatic heterocycles. The number of rotatable bonds is 5. The first-order valence-electron chi connectivity index (χ1n) is 6.90. The van der Waals surface area contributed by atoms with E-state index in [-0.39, 0.29) is 0 Å². The normalized spacial score (nSPS) is 15.5. The van der Waals surface area contributed by atoms with Gasteiger partial charge in [0.25, 0.3) is 0 Å². The topological polar surface area (TPSA) is 60.8 Å². The average molecular weight is 294 g/mol. The van der Waals surface area contributed by atoms with Crippen molar-refractivity contribution in [2.45, 2.75) is 6.42 Å². The van der Waals surface area contributed by atoms with Gasteiger partial charge in [-0.05, 0) is 35.9 Å². The number of para-hydroxylation sites is 1. The van der Waals surface area contributed by atoms with Crippen LogP contribution in [-0.4, -0.2) is 23.5 Å². The summed E-state index contributed by atoms with van der Waals surface area (Å²) in [4.78, 5) is 19.9. The number of ether oxygens (including phenoxy) is 2. The molecule has 0 saturated carbocycles. The lowest BCUT2D eigenvalue weighted by atomic mass is 10.2. The second-order valence-electron chi connectivity index (χ2n) is 4.62. The van der Waals surface area contributed by atoms with Gasteiger partial charge in [0.05, 0.1) is 13.0 Å². The molecule has 2 aromatic rings. The molecule has 1 aromatic carbocycles. The highest BCUT2D eigenvalue weighted by Crippen LogP contribution is 2.17. The molecule has 0 amide bonds. The Labute approximate surface area is 127 Å². The molecule has 5 heteroatoms. The fourth-order valence-electron chi connectivity index (χ4n) is 1.95. The van der Waals surface area contributed by atoms with E-state index >= 15 is 0 Å². The first-order valence-corrected chi connectivity index (χ1v) is 6.90. The van der Waals surface area contributed by atoms with E-state index in [0.717, 1.165) is 11.3 Å². The van der Waals surface area contributed by atoms with Crippen LogP contribution in [-0.2, 0) is 9.53 Å². The second-order valence-corrected chi connectivity index (χ2v) is 4.62. The van der Waals surface area contributed by atoms with Gasteiger partial charge < -0.3 is 9.47 Å². The van der Waals surface area contributed by atoms with Crippen molar-refractivity contribution in [3.8, 4) is 5.75 Å². The molecule has 0 aliphatic carbocycles. The van der Waals surface area contributed by atoms with Gasteiger partial charge in [-0.15, -0.1) is 0 Å². The molecule has 1 aromatic heterocycles. The third kappa shape index (κ3) is 3.58. The minimum Gasteiger partial charge on any atom is -0.493 e. The monoisotopic (exact) mass is 294 g/mol. The van der Waals surface area contributed by atoms with Crippen LogP contribution < -0.4 is 4.74 Å². The molecule has 5 nitrogen and oxygen atoms in total. The predicted molar refractivity (Wildman–Crippen MR) is 82.3 cm³/mol. The van der Waals surface area contributed by atoms with Crippen molar-refractivity contribution < 1.29 is 14.3 Å². The standard InChI is InChI=1S/C17H14N2O3/c20-17-15(12-13-6-9-18-10-7-13)19-16(22-17)8-11-21-14-4-2-1-3-5-14/h1-7,9-10,12H,8,11H2/b15-12+. The molecule has 110 valence electrons. The Morgan fingerprint density at radius 1 is 1.09 bits per heavy atom.